The molecule has 0 fully saturated rings. The second-order valence-corrected chi connectivity index (χ2v) is 7.81. The van der Waals surface area contributed by atoms with Gasteiger partial charge in [-0.15, -0.1) is 0 Å². The number of carbonyl (C=O) groups excluding carboxylic acids is 2. The average Bonchev–Trinajstić information content (AvgIpc) is 2.81. The van der Waals surface area contributed by atoms with Crippen molar-refractivity contribution in [1.29, 1.82) is 0 Å². The predicted molar refractivity (Wildman–Crippen MR) is 127 cm³/mol. The topological polar surface area (TPSA) is 77.0 Å². The van der Waals surface area contributed by atoms with Gasteiger partial charge < -0.3 is 9.47 Å². The van der Waals surface area contributed by atoms with E-state index < -0.39 is 5.97 Å². The van der Waals surface area contributed by atoms with Gasteiger partial charge in [0.2, 0.25) is 0 Å². The maximum atomic E-state index is 12.3. The number of hydrogen-bond acceptors (Lipinski definition) is 5. The van der Waals surface area contributed by atoms with Crippen molar-refractivity contribution < 1.29 is 19.1 Å². The van der Waals surface area contributed by atoms with Gasteiger partial charge in [-0.1, -0.05) is 35.3 Å². The Morgan fingerprint density at radius 1 is 0.969 bits per heavy atom. The molecule has 6 nitrogen and oxygen atoms in total. The molecule has 0 heterocycles. The molecule has 0 atom stereocenters. The molecular formula is C25H23BrN2O4. The number of rotatable bonds is 9. The number of unbranched alkanes of at least 4 members (excludes halogenated alkanes) is 1. The molecular weight excluding hydrogens is 472 g/mol. The first-order chi connectivity index (χ1) is 15.5. The van der Waals surface area contributed by atoms with Crippen LogP contribution in [0.1, 0.15) is 46.0 Å². The molecule has 0 saturated carbocycles. The van der Waals surface area contributed by atoms with Crippen molar-refractivity contribution in [3.63, 3.8) is 0 Å². The number of esters is 1. The van der Waals surface area contributed by atoms with Gasteiger partial charge >= 0.3 is 5.97 Å². The highest BCUT2D eigenvalue weighted by Crippen LogP contribution is 2.17. The first-order valence-electron chi connectivity index (χ1n) is 10.2. The van der Waals surface area contributed by atoms with E-state index in [0.717, 1.165) is 28.6 Å². The van der Waals surface area contributed by atoms with Crippen LogP contribution in [-0.4, -0.2) is 24.7 Å². The van der Waals surface area contributed by atoms with Crippen LogP contribution in [0.15, 0.2) is 82.4 Å². The number of halogens is 1. The smallest absolute Gasteiger partial charge is 0.343 e. The SMILES string of the molecule is CCCCOc1ccc(C(=O)Oc2ccc(/C=N\NC(=O)c3cccc(Br)c3)cc2)cc1. The Hall–Kier alpha value is -3.45. The molecule has 1 amide bonds. The second kappa shape index (κ2) is 11.8. The molecule has 3 aromatic rings. The van der Waals surface area contributed by atoms with Crippen molar-refractivity contribution in [3.05, 3.63) is 94.0 Å². The Labute approximate surface area is 195 Å². The summed E-state index contributed by atoms with van der Waals surface area (Å²) >= 11 is 3.33. The van der Waals surface area contributed by atoms with Crippen molar-refractivity contribution in [2.24, 2.45) is 5.10 Å². The van der Waals surface area contributed by atoms with Crippen molar-refractivity contribution in [2.45, 2.75) is 19.8 Å². The summed E-state index contributed by atoms with van der Waals surface area (Å²) in [5.41, 5.74) is 4.16. The molecule has 32 heavy (non-hydrogen) atoms. The molecule has 3 aromatic carbocycles. The van der Waals surface area contributed by atoms with E-state index in [0.29, 0.717) is 23.5 Å². The highest BCUT2D eigenvalue weighted by Gasteiger charge is 2.09. The summed E-state index contributed by atoms with van der Waals surface area (Å²) < 4.78 is 11.8. The van der Waals surface area contributed by atoms with Gasteiger partial charge in [0.15, 0.2) is 0 Å². The molecule has 0 spiro atoms. The van der Waals surface area contributed by atoms with Crippen LogP contribution < -0.4 is 14.9 Å². The van der Waals surface area contributed by atoms with Gasteiger partial charge in [0.25, 0.3) is 5.91 Å². The molecule has 0 aliphatic heterocycles. The van der Waals surface area contributed by atoms with E-state index in [1.807, 2.05) is 6.07 Å². The average molecular weight is 495 g/mol. The Kier molecular flexibility index (Phi) is 8.57. The van der Waals surface area contributed by atoms with E-state index in [-0.39, 0.29) is 5.91 Å². The number of amides is 1. The van der Waals surface area contributed by atoms with Crippen LogP contribution >= 0.6 is 15.9 Å². The van der Waals surface area contributed by atoms with Crippen LogP contribution in [0.2, 0.25) is 0 Å². The monoisotopic (exact) mass is 494 g/mol. The molecule has 3 rings (SSSR count). The zero-order chi connectivity index (χ0) is 22.8. The third-order valence-electron chi connectivity index (χ3n) is 4.41. The van der Waals surface area contributed by atoms with Gasteiger partial charge in [-0.25, -0.2) is 10.2 Å². The summed E-state index contributed by atoms with van der Waals surface area (Å²) in [4.78, 5) is 24.4. The number of ether oxygens (including phenoxy) is 2. The first-order valence-corrected chi connectivity index (χ1v) is 11.0. The lowest BCUT2D eigenvalue weighted by Gasteiger charge is -2.07. The van der Waals surface area contributed by atoms with E-state index in [2.05, 4.69) is 33.4 Å². The van der Waals surface area contributed by atoms with Crippen molar-refractivity contribution in [3.8, 4) is 11.5 Å². The predicted octanol–water partition coefficient (Wildman–Crippen LogP) is 5.61. The quantitative estimate of drug-likeness (QED) is 0.138. The molecule has 0 aromatic heterocycles. The van der Waals surface area contributed by atoms with Gasteiger partial charge in [0.05, 0.1) is 18.4 Å². The molecule has 0 aliphatic rings. The third-order valence-corrected chi connectivity index (χ3v) is 4.91. The lowest BCUT2D eigenvalue weighted by molar-refractivity contribution is 0.0734. The Bertz CT molecular complexity index is 1080. The molecule has 0 unspecified atom stereocenters. The lowest BCUT2D eigenvalue weighted by atomic mass is 10.2. The maximum absolute atomic E-state index is 12.3. The minimum absolute atomic E-state index is 0.310. The van der Waals surface area contributed by atoms with Gasteiger partial charge in [0.1, 0.15) is 11.5 Å². The number of carbonyl (C=O) groups is 2. The molecule has 164 valence electrons. The summed E-state index contributed by atoms with van der Waals surface area (Å²) in [6, 6.07) is 20.7. The van der Waals surface area contributed by atoms with Gasteiger partial charge in [-0.05, 0) is 78.7 Å². The molecule has 0 aliphatic carbocycles. The standard InChI is InChI=1S/C25H23BrN2O4/c1-2-3-15-31-22-13-9-19(10-14-22)25(30)32-23-11-7-18(8-12-23)17-27-28-24(29)20-5-4-6-21(26)16-20/h4-14,16-17H,2-3,15H2,1H3,(H,28,29)/b27-17-. The Morgan fingerprint density at radius 2 is 1.69 bits per heavy atom. The fourth-order valence-corrected chi connectivity index (χ4v) is 3.07. The van der Waals surface area contributed by atoms with E-state index in [4.69, 9.17) is 9.47 Å². The molecule has 0 saturated heterocycles. The van der Waals surface area contributed by atoms with Gasteiger partial charge in [-0.3, -0.25) is 4.79 Å². The summed E-state index contributed by atoms with van der Waals surface area (Å²) in [5, 5.41) is 3.96. The normalized spacial score (nSPS) is 10.7. The Balaban J connectivity index is 1.51. The molecule has 0 bridgehead atoms. The highest BCUT2D eigenvalue weighted by molar-refractivity contribution is 9.10. The van der Waals surface area contributed by atoms with Crippen LogP contribution in [0.3, 0.4) is 0 Å². The fourth-order valence-electron chi connectivity index (χ4n) is 2.67. The Morgan fingerprint density at radius 3 is 2.38 bits per heavy atom. The number of nitrogens with zero attached hydrogens (tertiary/aromatic N) is 1. The zero-order valence-corrected chi connectivity index (χ0v) is 19.2. The third kappa shape index (κ3) is 7.06. The molecule has 1 N–H and O–H groups in total. The van der Waals surface area contributed by atoms with Crippen LogP contribution in [0.4, 0.5) is 0 Å². The highest BCUT2D eigenvalue weighted by atomic mass is 79.9. The molecule has 7 heteroatoms. The number of hydrogen-bond donors (Lipinski definition) is 1. The van der Waals surface area contributed by atoms with E-state index in [9.17, 15) is 9.59 Å². The number of hydrazone groups is 1. The summed E-state index contributed by atoms with van der Waals surface area (Å²) in [7, 11) is 0. The number of nitrogens with one attached hydrogen (secondary N) is 1. The summed E-state index contributed by atoms with van der Waals surface area (Å²) in [6.07, 6.45) is 3.57. The fraction of sp³-hybridized carbons (Fsp3) is 0.160. The first kappa shape index (κ1) is 23.2. The van der Waals surface area contributed by atoms with Crippen LogP contribution in [-0.2, 0) is 0 Å². The minimum atomic E-state index is -0.451. The van der Waals surface area contributed by atoms with E-state index in [1.165, 1.54) is 6.21 Å². The van der Waals surface area contributed by atoms with Crippen molar-refractivity contribution in [1.82, 2.24) is 5.43 Å². The summed E-state index contributed by atoms with van der Waals surface area (Å²) in [5.74, 6) is 0.377. The largest absolute Gasteiger partial charge is 0.494 e. The lowest BCUT2D eigenvalue weighted by Crippen LogP contribution is -2.17. The zero-order valence-electron chi connectivity index (χ0n) is 17.6. The number of benzene rings is 3. The van der Waals surface area contributed by atoms with Crippen LogP contribution in [0, 0.1) is 0 Å². The van der Waals surface area contributed by atoms with E-state index in [1.54, 1.807) is 66.7 Å². The van der Waals surface area contributed by atoms with Gasteiger partial charge in [0, 0.05) is 10.0 Å². The van der Waals surface area contributed by atoms with Crippen LogP contribution in [0.5, 0.6) is 11.5 Å². The van der Waals surface area contributed by atoms with Crippen molar-refractivity contribution >= 4 is 34.0 Å². The van der Waals surface area contributed by atoms with Crippen LogP contribution in [0.25, 0.3) is 0 Å². The molecule has 0 radical (unpaired) electrons. The summed E-state index contributed by atoms with van der Waals surface area (Å²) in [6.45, 7) is 2.76. The van der Waals surface area contributed by atoms with E-state index >= 15 is 0 Å². The maximum Gasteiger partial charge on any atom is 0.343 e. The minimum Gasteiger partial charge on any atom is -0.494 e. The van der Waals surface area contributed by atoms with Gasteiger partial charge in [-0.2, -0.15) is 5.10 Å². The van der Waals surface area contributed by atoms with Crippen molar-refractivity contribution in [2.75, 3.05) is 6.61 Å². The second-order valence-electron chi connectivity index (χ2n) is 6.89.